The van der Waals surface area contributed by atoms with Gasteiger partial charge in [-0.2, -0.15) is 0 Å². The van der Waals surface area contributed by atoms with Crippen molar-refractivity contribution < 1.29 is 14.3 Å². The van der Waals surface area contributed by atoms with E-state index in [2.05, 4.69) is 0 Å². The van der Waals surface area contributed by atoms with Crippen LogP contribution in [0.3, 0.4) is 0 Å². The average molecular weight is 429 g/mol. The van der Waals surface area contributed by atoms with Crippen LogP contribution in [0.2, 0.25) is 0 Å². The first-order chi connectivity index (χ1) is 14.3. The number of hydrogen-bond acceptors (Lipinski definition) is 6. The van der Waals surface area contributed by atoms with Crippen LogP contribution >= 0.6 is 11.3 Å². The molecule has 0 aliphatic rings. The molecular weight excluding hydrogens is 400 g/mol. The number of aromatic nitrogens is 2. The van der Waals surface area contributed by atoms with E-state index in [1.54, 1.807) is 11.7 Å². The number of benzene rings is 1. The Morgan fingerprint density at radius 2 is 1.97 bits per heavy atom. The summed E-state index contributed by atoms with van der Waals surface area (Å²) in [6, 6.07) is 5.97. The van der Waals surface area contributed by atoms with E-state index in [9.17, 15) is 9.59 Å². The Hall–Kier alpha value is -2.67. The summed E-state index contributed by atoms with van der Waals surface area (Å²) in [6.45, 7) is 8.50. The first-order valence-electron chi connectivity index (χ1n) is 10.0. The molecule has 0 radical (unpaired) electrons. The number of carbonyl (C=O) groups excluding carboxylic acids is 1. The zero-order chi connectivity index (χ0) is 22.0. The van der Waals surface area contributed by atoms with Crippen LogP contribution in [0, 0.1) is 13.8 Å². The van der Waals surface area contributed by atoms with Gasteiger partial charge in [-0.25, -0.2) is 4.98 Å². The topological polar surface area (TPSA) is 70.4 Å². The normalized spacial score (nSPS) is 11.3. The van der Waals surface area contributed by atoms with Gasteiger partial charge in [-0.1, -0.05) is 25.5 Å². The van der Waals surface area contributed by atoms with Crippen molar-refractivity contribution in [1.82, 2.24) is 9.55 Å². The van der Waals surface area contributed by atoms with Crippen LogP contribution < -0.4 is 10.3 Å². The summed E-state index contributed by atoms with van der Waals surface area (Å²) >= 11 is 1.53. The molecule has 3 aromatic rings. The van der Waals surface area contributed by atoms with Gasteiger partial charge in [-0.15, -0.1) is 11.3 Å². The quantitative estimate of drug-likeness (QED) is 0.504. The number of rotatable bonds is 7. The smallest absolute Gasteiger partial charge is 0.305 e. The lowest BCUT2D eigenvalue weighted by atomic mass is 10.0. The maximum absolute atomic E-state index is 13.7. The van der Waals surface area contributed by atoms with Crippen LogP contribution in [-0.2, 0) is 16.1 Å². The Morgan fingerprint density at radius 3 is 2.60 bits per heavy atom. The predicted molar refractivity (Wildman–Crippen MR) is 121 cm³/mol. The SMILES string of the molecule is COC(=O)CCCn1c(C(C)C)nc2sc(C)c(-c3cc(C)ccc3OC)c2c1=O. The first kappa shape index (κ1) is 22.0. The summed E-state index contributed by atoms with van der Waals surface area (Å²) in [4.78, 5) is 31.8. The third-order valence-electron chi connectivity index (χ3n) is 5.15. The highest BCUT2D eigenvalue weighted by Crippen LogP contribution is 2.41. The van der Waals surface area contributed by atoms with Crippen LogP contribution in [0.15, 0.2) is 23.0 Å². The number of nitrogens with zero attached hydrogens (tertiary/aromatic N) is 2. The summed E-state index contributed by atoms with van der Waals surface area (Å²) < 4.78 is 12.0. The monoisotopic (exact) mass is 428 g/mol. The molecule has 0 saturated carbocycles. The van der Waals surface area contributed by atoms with Crippen molar-refractivity contribution in [3.63, 3.8) is 0 Å². The largest absolute Gasteiger partial charge is 0.496 e. The summed E-state index contributed by atoms with van der Waals surface area (Å²) in [7, 11) is 3.01. The fourth-order valence-corrected chi connectivity index (χ4v) is 4.73. The number of thiophene rings is 1. The minimum atomic E-state index is -0.278. The van der Waals surface area contributed by atoms with E-state index in [1.807, 2.05) is 45.9 Å². The van der Waals surface area contributed by atoms with Crippen molar-refractivity contribution in [3.8, 4) is 16.9 Å². The molecule has 0 N–H and O–H groups in total. The third kappa shape index (κ3) is 4.12. The molecule has 0 saturated heterocycles. The van der Waals surface area contributed by atoms with Gasteiger partial charge in [0.1, 0.15) is 16.4 Å². The summed E-state index contributed by atoms with van der Waals surface area (Å²) in [5, 5.41) is 0.615. The third-order valence-corrected chi connectivity index (χ3v) is 6.15. The fourth-order valence-electron chi connectivity index (χ4n) is 3.69. The molecular formula is C23H28N2O4S. The minimum Gasteiger partial charge on any atom is -0.496 e. The fraction of sp³-hybridized carbons (Fsp3) is 0.435. The highest BCUT2D eigenvalue weighted by Gasteiger charge is 2.22. The zero-order valence-electron chi connectivity index (χ0n) is 18.4. The molecule has 2 heterocycles. The van der Waals surface area contributed by atoms with Crippen LogP contribution in [-0.4, -0.2) is 29.7 Å². The standard InChI is InChI=1S/C23H28N2O4S/c1-13(2)21-24-22-20(23(27)25(21)11-7-8-18(26)29-6)19(15(4)30-22)16-12-14(3)9-10-17(16)28-5/h9-10,12-13H,7-8,11H2,1-6H3. The average Bonchev–Trinajstić information content (AvgIpc) is 3.05. The van der Waals surface area contributed by atoms with Gasteiger partial charge >= 0.3 is 5.97 Å². The summed E-state index contributed by atoms with van der Waals surface area (Å²) in [5.41, 5.74) is 2.80. The van der Waals surface area contributed by atoms with Crippen molar-refractivity contribution in [2.75, 3.05) is 14.2 Å². The first-order valence-corrected chi connectivity index (χ1v) is 10.9. The number of ether oxygens (including phenoxy) is 2. The molecule has 2 aromatic heterocycles. The number of esters is 1. The number of carbonyl (C=O) groups is 1. The predicted octanol–water partition coefficient (Wildman–Crippen LogP) is 4.83. The van der Waals surface area contributed by atoms with Crippen LogP contribution in [0.5, 0.6) is 5.75 Å². The second-order valence-electron chi connectivity index (χ2n) is 7.68. The molecule has 7 heteroatoms. The van der Waals surface area contributed by atoms with Crippen molar-refractivity contribution in [2.24, 2.45) is 0 Å². The van der Waals surface area contributed by atoms with Crippen LogP contribution in [0.25, 0.3) is 21.3 Å². The van der Waals surface area contributed by atoms with Crippen molar-refractivity contribution >= 4 is 27.5 Å². The molecule has 160 valence electrons. The molecule has 3 rings (SSSR count). The van der Waals surface area contributed by atoms with Gasteiger partial charge in [0, 0.05) is 34.9 Å². The Labute approximate surface area is 180 Å². The number of aryl methyl sites for hydroxylation is 2. The highest BCUT2D eigenvalue weighted by molar-refractivity contribution is 7.19. The molecule has 0 aliphatic heterocycles. The molecule has 0 spiro atoms. The molecule has 0 bridgehead atoms. The molecule has 0 aliphatic carbocycles. The van der Waals surface area contributed by atoms with Gasteiger partial charge in [0.25, 0.3) is 5.56 Å². The Bertz CT molecular complexity index is 1140. The van der Waals surface area contributed by atoms with Gasteiger partial charge in [-0.3, -0.25) is 14.2 Å². The van der Waals surface area contributed by atoms with Crippen molar-refractivity contribution in [1.29, 1.82) is 0 Å². The molecule has 6 nitrogen and oxygen atoms in total. The lowest BCUT2D eigenvalue weighted by Crippen LogP contribution is -2.26. The summed E-state index contributed by atoms with van der Waals surface area (Å²) in [6.07, 6.45) is 0.783. The number of fused-ring (bicyclic) bond motifs is 1. The molecule has 0 amide bonds. The van der Waals surface area contributed by atoms with Crippen molar-refractivity contribution in [2.45, 2.75) is 53.0 Å². The van der Waals surface area contributed by atoms with E-state index in [0.29, 0.717) is 18.4 Å². The Kier molecular flexibility index (Phi) is 6.61. The number of methoxy groups -OCH3 is 2. The molecule has 1 aromatic carbocycles. The van der Waals surface area contributed by atoms with Crippen LogP contribution in [0.4, 0.5) is 0 Å². The van der Waals surface area contributed by atoms with Gasteiger partial charge < -0.3 is 9.47 Å². The van der Waals surface area contributed by atoms with Crippen LogP contribution in [0.1, 0.15) is 48.9 Å². The maximum Gasteiger partial charge on any atom is 0.305 e. The van der Waals surface area contributed by atoms with Gasteiger partial charge in [0.05, 0.1) is 19.6 Å². The zero-order valence-corrected chi connectivity index (χ0v) is 19.2. The Morgan fingerprint density at radius 1 is 1.23 bits per heavy atom. The minimum absolute atomic E-state index is 0.0727. The highest BCUT2D eigenvalue weighted by atomic mass is 32.1. The van der Waals surface area contributed by atoms with E-state index >= 15 is 0 Å². The number of hydrogen-bond donors (Lipinski definition) is 0. The van der Waals surface area contributed by atoms with E-state index < -0.39 is 0 Å². The summed E-state index contributed by atoms with van der Waals surface area (Å²) in [5.74, 6) is 1.27. The molecule has 30 heavy (non-hydrogen) atoms. The van der Waals surface area contributed by atoms with Crippen molar-refractivity contribution in [3.05, 3.63) is 44.8 Å². The van der Waals surface area contributed by atoms with E-state index in [4.69, 9.17) is 14.5 Å². The van der Waals surface area contributed by atoms with E-state index in [0.717, 1.165) is 38.0 Å². The van der Waals surface area contributed by atoms with E-state index in [1.165, 1.54) is 18.4 Å². The molecule has 0 atom stereocenters. The lowest BCUT2D eigenvalue weighted by molar-refractivity contribution is -0.140. The van der Waals surface area contributed by atoms with E-state index in [-0.39, 0.29) is 23.9 Å². The molecule has 0 fully saturated rings. The van der Waals surface area contributed by atoms with Gasteiger partial charge in [0.2, 0.25) is 0 Å². The maximum atomic E-state index is 13.7. The molecule has 0 unspecified atom stereocenters. The van der Waals surface area contributed by atoms with Gasteiger partial charge in [-0.05, 0) is 32.4 Å². The van der Waals surface area contributed by atoms with Gasteiger partial charge in [0.15, 0.2) is 0 Å². The lowest BCUT2D eigenvalue weighted by Gasteiger charge is -2.15. The second-order valence-corrected chi connectivity index (χ2v) is 8.88. The second kappa shape index (κ2) is 9.00. The Balaban J connectivity index is 2.23.